The van der Waals surface area contributed by atoms with E-state index in [4.69, 9.17) is 28.7 Å². The minimum atomic E-state index is -2.77. The number of methoxy groups -OCH3 is 2. The smallest absolute Gasteiger partial charge is 0.413 e. The summed E-state index contributed by atoms with van der Waals surface area (Å²) in [6.07, 6.45) is 5.58. The van der Waals surface area contributed by atoms with Crippen molar-refractivity contribution in [3.05, 3.63) is 90.4 Å². The van der Waals surface area contributed by atoms with E-state index < -0.39 is 20.0 Å². The van der Waals surface area contributed by atoms with Gasteiger partial charge in [-0.1, -0.05) is 101 Å². The minimum Gasteiger partial charge on any atom is -0.495 e. The quantitative estimate of drug-likeness (QED) is 0.100. The van der Waals surface area contributed by atoms with Gasteiger partial charge in [0.05, 0.1) is 32.7 Å². The summed E-state index contributed by atoms with van der Waals surface area (Å²) in [6, 6.07) is 23.0. The molecule has 2 aromatic carbocycles. The van der Waals surface area contributed by atoms with Crippen molar-refractivity contribution in [2.24, 2.45) is 0 Å². The molecule has 4 heterocycles. The Labute approximate surface area is 359 Å². The number of nitrogens with zero attached hydrogens (tertiary/aromatic N) is 7. The van der Waals surface area contributed by atoms with E-state index in [-0.39, 0.29) is 29.7 Å². The van der Waals surface area contributed by atoms with E-state index in [0.29, 0.717) is 66.5 Å². The maximum Gasteiger partial charge on any atom is 0.413 e. The zero-order valence-corrected chi connectivity index (χ0v) is 37.8. The Bertz CT molecular complexity index is 2270. The SMILES string of the molecule is CCC[C@@H](CCO[Si](c1ccccc1)(c1ccccc1)C(C)(C)C)Nc1nc(NC(=O)OC)nc2cnn(Cc3nnc(C4=CCN(C(=O)OC(C)(C)C)CC4)cc3OC)c12. The number of nitrogens with one attached hydrogen (secondary N) is 2. The van der Waals surface area contributed by atoms with Crippen LogP contribution in [0.4, 0.5) is 21.4 Å². The second-order valence-corrected chi connectivity index (χ2v) is 21.4. The zero-order chi connectivity index (χ0) is 43.8. The lowest BCUT2D eigenvalue weighted by Crippen LogP contribution is -2.66. The van der Waals surface area contributed by atoms with Crippen LogP contribution in [-0.4, -0.2) is 101 Å². The maximum atomic E-state index is 12.6. The lowest BCUT2D eigenvalue weighted by atomic mass is 10.0. The van der Waals surface area contributed by atoms with Gasteiger partial charge in [0.25, 0.3) is 8.32 Å². The van der Waals surface area contributed by atoms with Gasteiger partial charge >= 0.3 is 12.2 Å². The van der Waals surface area contributed by atoms with Crippen molar-refractivity contribution >= 4 is 59.3 Å². The molecule has 0 saturated carbocycles. The average molecular weight is 850 g/mol. The Morgan fingerprint density at radius 3 is 2.18 bits per heavy atom. The summed E-state index contributed by atoms with van der Waals surface area (Å²) < 4.78 is 25.3. The summed E-state index contributed by atoms with van der Waals surface area (Å²) in [4.78, 5) is 36.0. The Morgan fingerprint density at radius 1 is 0.918 bits per heavy atom. The standard InChI is InChI=1S/C45H59N9O6Si/c1-10-17-32(24-27-59-61(45(5,6)7,33-18-13-11-14-19-33)34-20-15-12-16-21-34)47-40-39-36(48-41(49-40)50-42(55)58-9)29-46-54(39)30-37-38(57-8)28-35(51-52-37)31-22-25-53(26-23-31)43(56)60-44(2,3)4/h11-16,18-22,28-29,32H,10,17,23-27,30H2,1-9H3,(H2,47,48,49,50,55)/t32-/m0/s1. The summed E-state index contributed by atoms with van der Waals surface area (Å²) in [6.45, 7) is 16.1. The minimum absolute atomic E-state index is 0.0562. The first-order chi connectivity index (χ1) is 29.1. The van der Waals surface area contributed by atoms with Gasteiger partial charge in [0.2, 0.25) is 5.95 Å². The van der Waals surface area contributed by atoms with Gasteiger partial charge in [-0.2, -0.15) is 15.2 Å². The number of rotatable bonds is 15. The van der Waals surface area contributed by atoms with E-state index in [1.807, 2.05) is 45.0 Å². The van der Waals surface area contributed by atoms with Crippen LogP contribution in [0.2, 0.25) is 5.04 Å². The number of hydrogen-bond acceptors (Lipinski definition) is 12. The Kier molecular flexibility index (Phi) is 14.1. The highest BCUT2D eigenvalue weighted by Gasteiger charge is 2.50. The summed E-state index contributed by atoms with van der Waals surface area (Å²) >= 11 is 0. The predicted molar refractivity (Wildman–Crippen MR) is 240 cm³/mol. The van der Waals surface area contributed by atoms with Crippen LogP contribution in [0.15, 0.2) is 79.0 Å². The second-order valence-electron chi connectivity index (χ2n) is 17.1. The number of anilines is 2. The number of fused-ring (bicyclic) bond motifs is 1. The monoisotopic (exact) mass is 849 g/mol. The number of amides is 2. The predicted octanol–water partition coefficient (Wildman–Crippen LogP) is 7.42. The van der Waals surface area contributed by atoms with Gasteiger partial charge in [-0.15, -0.1) is 5.10 Å². The summed E-state index contributed by atoms with van der Waals surface area (Å²) in [5.74, 6) is 1.10. The van der Waals surface area contributed by atoms with E-state index in [1.54, 1.807) is 22.9 Å². The fourth-order valence-corrected chi connectivity index (χ4v) is 12.3. The summed E-state index contributed by atoms with van der Waals surface area (Å²) in [7, 11) is 0.116. The van der Waals surface area contributed by atoms with Crippen molar-refractivity contribution in [2.45, 2.75) is 97.4 Å². The van der Waals surface area contributed by atoms with Gasteiger partial charge in [0.15, 0.2) is 5.82 Å². The molecule has 61 heavy (non-hydrogen) atoms. The average Bonchev–Trinajstić information content (AvgIpc) is 3.64. The summed E-state index contributed by atoms with van der Waals surface area (Å²) in [5, 5.41) is 22.5. The molecule has 0 fully saturated rings. The first-order valence-electron chi connectivity index (χ1n) is 20.8. The van der Waals surface area contributed by atoms with Crippen LogP contribution in [0.1, 0.15) is 85.5 Å². The third kappa shape index (κ3) is 10.5. The molecule has 1 aliphatic heterocycles. The fraction of sp³-hybridized carbons (Fsp3) is 0.444. The van der Waals surface area contributed by atoms with E-state index in [1.165, 1.54) is 17.5 Å². The zero-order valence-electron chi connectivity index (χ0n) is 36.8. The van der Waals surface area contributed by atoms with Crippen molar-refractivity contribution in [3.8, 4) is 5.75 Å². The van der Waals surface area contributed by atoms with Crippen LogP contribution in [0.5, 0.6) is 5.75 Å². The highest BCUT2D eigenvalue weighted by molar-refractivity contribution is 6.99. The van der Waals surface area contributed by atoms with Crippen LogP contribution in [0, 0.1) is 0 Å². The molecular weight excluding hydrogens is 791 g/mol. The van der Waals surface area contributed by atoms with Crippen LogP contribution in [0.3, 0.4) is 0 Å². The molecule has 0 bridgehead atoms. The molecule has 0 radical (unpaired) electrons. The number of carbonyl (C=O) groups excluding carboxylic acids is 2. The van der Waals surface area contributed by atoms with Crippen molar-refractivity contribution in [2.75, 3.05) is 44.5 Å². The molecular formula is C45H59N9O6Si. The van der Waals surface area contributed by atoms with Gasteiger partial charge < -0.3 is 28.9 Å². The molecule has 6 rings (SSSR count). The van der Waals surface area contributed by atoms with Crippen LogP contribution >= 0.6 is 0 Å². The maximum absolute atomic E-state index is 12.6. The largest absolute Gasteiger partial charge is 0.495 e. The fourth-order valence-electron chi connectivity index (χ4n) is 7.74. The van der Waals surface area contributed by atoms with E-state index in [2.05, 4.69) is 102 Å². The highest BCUT2D eigenvalue weighted by Crippen LogP contribution is 2.37. The lowest BCUT2D eigenvalue weighted by Gasteiger charge is -2.43. The molecule has 3 aromatic heterocycles. The van der Waals surface area contributed by atoms with Gasteiger partial charge in [-0.3, -0.25) is 10.00 Å². The number of carbonyl (C=O) groups is 2. The topological polar surface area (TPSA) is 168 Å². The van der Waals surface area contributed by atoms with Crippen molar-refractivity contribution in [3.63, 3.8) is 0 Å². The summed E-state index contributed by atoms with van der Waals surface area (Å²) in [5.41, 5.74) is 2.74. The molecule has 0 spiro atoms. The molecule has 2 amide bonds. The molecule has 5 aromatic rings. The van der Waals surface area contributed by atoms with Gasteiger partial charge in [-0.25, -0.2) is 14.6 Å². The number of ether oxygens (including phenoxy) is 3. The molecule has 15 nitrogen and oxygen atoms in total. The molecule has 0 unspecified atom stereocenters. The van der Waals surface area contributed by atoms with Gasteiger partial charge in [0.1, 0.15) is 28.1 Å². The molecule has 16 heteroatoms. The van der Waals surface area contributed by atoms with Crippen molar-refractivity contribution < 1.29 is 28.2 Å². The van der Waals surface area contributed by atoms with Gasteiger partial charge in [-0.05, 0) is 61.0 Å². The third-order valence-corrected chi connectivity index (χ3v) is 15.6. The molecule has 324 valence electrons. The number of benzene rings is 2. The first-order valence-corrected chi connectivity index (χ1v) is 22.7. The Morgan fingerprint density at radius 2 is 1.61 bits per heavy atom. The molecule has 1 atom stereocenters. The molecule has 0 aliphatic carbocycles. The Hall–Kier alpha value is -5.87. The molecule has 2 N–H and O–H groups in total. The lowest BCUT2D eigenvalue weighted by molar-refractivity contribution is 0.0270. The van der Waals surface area contributed by atoms with Crippen molar-refractivity contribution in [1.29, 1.82) is 0 Å². The van der Waals surface area contributed by atoms with Crippen molar-refractivity contribution in [1.82, 2.24) is 34.8 Å². The molecule has 0 saturated heterocycles. The highest BCUT2D eigenvalue weighted by atomic mass is 28.4. The van der Waals surface area contributed by atoms with Crippen LogP contribution in [0.25, 0.3) is 16.6 Å². The molecule has 1 aliphatic rings. The number of hydrogen-bond donors (Lipinski definition) is 2. The van der Waals surface area contributed by atoms with Gasteiger partial charge in [0, 0.05) is 31.8 Å². The second kappa shape index (κ2) is 19.2. The van der Waals surface area contributed by atoms with E-state index in [9.17, 15) is 9.59 Å². The van der Waals surface area contributed by atoms with E-state index in [0.717, 1.165) is 18.4 Å². The first kappa shape index (κ1) is 44.7. The third-order valence-electron chi connectivity index (χ3n) is 10.6. The Balaban J connectivity index is 1.28. The number of aromatic nitrogens is 6. The van der Waals surface area contributed by atoms with Crippen LogP contribution < -0.4 is 25.7 Å². The van der Waals surface area contributed by atoms with E-state index >= 15 is 0 Å². The van der Waals surface area contributed by atoms with Crippen LogP contribution in [-0.2, 0) is 20.4 Å². The normalized spacial score (nSPS) is 14.0.